The summed E-state index contributed by atoms with van der Waals surface area (Å²) in [4.78, 5) is 13.1. The Bertz CT molecular complexity index is 1260. The van der Waals surface area contributed by atoms with Crippen molar-refractivity contribution in [3.8, 4) is 16.9 Å². The highest BCUT2D eigenvalue weighted by Crippen LogP contribution is 2.27. The predicted octanol–water partition coefficient (Wildman–Crippen LogP) is 4.06. The molecule has 5 rings (SSSR count). The van der Waals surface area contributed by atoms with Crippen LogP contribution in [-0.4, -0.2) is 12.9 Å². The first kappa shape index (κ1) is 17.9. The summed E-state index contributed by atoms with van der Waals surface area (Å²) in [7, 11) is 1.61. The van der Waals surface area contributed by atoms with Gasteiger partial charge < -0.3 is 4.74 Å². The van der Waals surface area contributed by atoms with Gasteiger partial charge in [-0.3, -0.25) is 4.79 Å². The Morgan fingerprint density at radius 2 is 1.86 bits per heavy atom. The van der Waals surface area contributed by atoms with E-state index < -0.39 is 0 Å². The Morgan fingerprint density at radius 1 is 1.00 bits per heavy atom. The molecule has 0 fully saturated rings. The molecule has 2 aliphatic carbocycles. The zero-order valence-corrected chi connectivity index (χ0v) is 16.2. The van der Waals surface area contributed by atoms with Crippen LogP contribution in [-0.2, 0) is 12.8 Å². The van der Waals surface area contributed by atoms with Crippen molar-refractivity contribution < 1.29 is 13.9 Å². The average molecular weight is 384 g/mol. The molecule has 1 unspecified atom stereocenters. The number of carbonyl (C=O) groups is 1. The van der Waals surface area contributed by atoms with Crippen molar-refractivity contribution in [2.45, 2.75) is 19.3 Å². The molecule has 1 atom stereocenters. The first-order valence-electron chi connectivity index (χ1n) is 9.95. The maximum Gasteiger partial charge on any atom is 0.169 e. The van der Waals surface area contributed by atoms with E-state index in [-0.39, 0.29) is 17.5 Å². The molecular weight excluding hydrogens is 363 g/mol. The first-order chi connectivity index (χ1) is 14.1. The van der Waals surface area contributed by atoms with E-state index in [9.17, 15) is 9.18 Å². The summed E-state index contributed by atoms with van der Waals surface area (Å²) in [6.07, 6.45) is 6.70. The number of aryl methyl sites for hydroxylation is 1. The van der Waals surface area contributed by atoms with Gasteiger partial charge in [-0.2, -0.15) is 0 Å². The van der Waals surface area contributed by atoms with Gasteiger partial charge in [0, 0.05) is 11.5 Å². The molecule has 144 valence electrons. The monoisotopic (exact) mass is 384 g/mol. The van der Waals surface area contributed by atoms with Crippen molar-refractivity contribution >= 4 is 17.9 Å². The summed E-state index contributed by atoms with van der Waals surface area (Å²) >= 11 is 0. The van der Waals surface area contributed by atoms with Gasteiger partial charge in [0.25, 0.3) is 0 Å². The molecule has 3 heteroatoms. The summed E-state index contributed by atoms with van der Waals surface area (Å²) in [6, 6.07) is 16.7. The molecule has 3 aromatic carbocycles. The van der Waals surface area contributed by atoms with Gasteiger partial charge in [-0.1, -0.05) is 42.5 Å². The van der Waals surface area contributed by atoms with E-state index in [1.165, 1.54) is 16.8 Å². The molecule has 29 heavy (non-hydrogen) atoms. The molecule has 3 aromatic rings. The van der Waals surface area contributed by atoms with E-state index in [0.29, 0.717) is 17.7 Å². The lowest BCUT2D eigenvalue weighted by Crippen LogP contribution is -2.37. The third-order valence-corrected chi connectivity index (χ3v) is 6.04. The number of ether oxygens (including phenoxy) is 1. The average Bonchev–Trinajstić information content (AvgIpc) is 2.77. The number of hydrogen-bond acceptors (Lipinski definition) is 2. The van der Waals surface area contributed by atoms with Crippen LogP contribution in [0, 0.1) is 11.7 Å². The summed E-state index contributed by atoms with van der Waals surface area (Å²) in [5.74, 6) is 0.477. The Morgan fingerprint density at radius 3 is 2.72 bits per heavy atom. The number of benzene rings is 3. The molecular formula is C26H21FO2. The second-order valence-electron chi connectivity index (χ2n) is 7.72. The lowest BCUT2D eigenvalue weighted by atomic mass is 9.82. The van der Waals surface area contributed by atoms with Crippen molar-refractivity contribution in [1.29, 1.82) is 0 Å². The number of carbonyl (C=O) groups excluding carboxylic acids is 1. The Kier molecular flexibility index (Phi) is 4.31. The molecule has 2 aliphatic rings. The van der Waals surface area contributed by atoms with Crippen molar-refractivity contribution in [3.63, 3.8) is 0 Å². The van der Waals surface area contributed by atoms with E-state index in [1.54, 1.807) is 13.2 Å². The first-order valence-corrected chi connectivity index (χ1v) is 9.95. The predicted molar refractivity (Wildman–Crippen MR) is 113 cm³/mol. The highest BCUT2D eigenvalue weighted by Gasteiger charge is 2.23. The molecule has 0 aliphatic heterocycles. The van der Waals surface area contributed by atoms with Gasteiger partial charge in [-0.25, -0.2) is 4.39 Å². The van der Waals surface area contributed by atoms with Crippen LogP contribution in [0.15, 0.2) is 54.6 Å². The Hall–Kier alpha value is -3.20. The summed E-state index contributed by atoms with van der Waals surface area (Å²) in [5, 5.41) is 2.33. The fourth-order valence-corrected chi connectivity index (χ4v) is 4.55. The van der Waals surface area contributed by atoms with Crippen LogP contribution in [0.2, 0.25) is 0 Å². The molecule has 0 aromatic heterocycles. The molecule has 0 amide bonds. The van der Waals surface area contributed by atoms with Gasteiger partial charge >= 0.3 is 0 Å². The number of Topliss-reactive ketones (excluding diaryl/α,β-unsaturated/α-hetero) is 1. The quantitative estimate of drug-likeness (QED) is 0.637. The lowest BCUT2D eigenvalue weighted by molar-refractivity contribution is 0.0946. The number of hydrogen-bond donors (Lipinski definition) is 0. The van der Waals surface area contributed by atoms with Crippen LogP contribution >= 0.6 is 0 Å². The van der Waals surface area contributed by atoms with E-state index in [0.717, 1.165) is 34.8 Å². The zero-order chi connectivity index (χ0) is 20.0. The van der Waals surface area contributed by atoms with Crippen LogP contribution in [0.25, 0.3) is 23.3 Å². The van der Waals surface area contributed by atoms with Crippen molar-refractivity contribution in [1.82, 2.24) is 0 Å². The van der Waals surface area contributed by atoms with Crippen molar-refractivity contribution in [3.05, 3.63) is 87.5 Å². The van der Waals surface area contributed by atoms with Gasteiger partial charge in [-0.05, 0) is 76.2 Å². The maximum atomic E-state index is 13.6. The standard InChI is InChI=1S/C26H21FO2/c1-29-21-4-2-3-18(14-21)26(28)19-6-5-16-7-10-23-22-12-9-20(27)13-17(22)8-11-24(23)25(16)15-19/h2-4,7,9-15,19H,5-6,8H2,1H3. The number of halogens is 1. The summed E-state index contributed by atoms with van der Waals surface area (Å²) in [5.41, 5.74) is 5.18. The molecule has 0 bridgehead atoms. The molecule has 0 radical (unpaired) electrons. The van der Waals surface area contributed by atoms with Crippen LogP contribution in [0.4, 0.5) is 4.39 Å². The van der Waals surface area contributed by atoms with Gasteiger partial charge in [-0.15, -0.1) is 0 Å². The number of methoxy groups -OCH3 is 1. The van der Waals surface area contributed by atoms with Crippen molar-refractivity contribution in [2.24, 2.45) is 5.92 Å². The molecule has 0 saturated heterocycles. The van der Waals surface area contributed by atoms with Gasteiger partial charge in [0.1, 0.15) is 11.6 Å². The number of rotatable bonds is 3. The van der Waals surface area contributed by atoms with E-state index in [1.807, 2.05) is 30.3 Å². The normalized spacial score (nSPS) is 16.6. The van der Waals surface area contributed by atoms with Crippen LogP contribution in [0.5, 0.6) is 5.75 Å². The highest BCUT2D eigenvalue weighted by molar-refractivity contribution is 6.01. The van der Waals surface area contributed by atoms with Gasteiger partial charge in [0.15, 0.2) is 5.78 Å². The topological polar surface area (TPSA) is 26.3 Å². The largest absolute Gasteiger partial charge is 0.497 e. The second kappa shape index (κ2) is 7.00. The SMILES string of the molecule is COc1cccc(C(=O)C2C=c3c(ccc4c3=CCc3cc(F)ccc3-4)CC2)c1. The third kappa shape index (κ3) is 3.07. The Balaban J connectivity index is 1.60. The van der Waals surface area contributed by atoms with Crippen LogP contribution in [0.3, 0.4) is 0 Å². The fraction of sp³-hybridized carbons (Fsp3) is 0.192. The molecule has 0 N–H and O–H groups in total. The molecule has 2 nitrogen and oxygen atoms in total. The number of fused-ring (bicyclic) bond motifs is 5. The maximum absolute atomic E-state index is 13.6. The minimum atomic E-state index is -0.200. The third-order valence-electron chi connectivity index (χ3n) is 6.04. The van der Waals surface area contributed by atoms with E-state index >= 15 is 0 Å². The van der Waals surface area contributed by atoms with E-state index in [4.69, 9.17) is 4.74 Å². The number of ketones is 1. The molecule has 0 heterocycles. The highest BCUT2D eigenvalue weighted by atomic mass is 19.1. The zero-order valence-electron chi connectivity index (χ0n) is 16.2. The summed E-state index contributed by atoms with van der Waals surface area (Å²) < 4.78 is 18.9. The van der Waals surface area contributed by atoms with Crippen LogP contribution < -0.4 is 15.2 Å². The molecule has 0 saturated carbocycles. The second-order valence-corrected chi connectivity index (χ2v) is 7.72. The molecule has 0 spiro atoms. The summed E-state index contributed by atoms with van der Waals surface area (Å²) in [6.45, 7) is 0. The van der Waals surface area contributed by atoms with Gasteiger partial charge in [0.2, 0.25) is 0 Å². The Labute approximate surface area is 169 Å². The fourth-order valence-electron chi connectivity index (χ4n) is 4.55. The minimum Gasteiger partial charge on any atom is -0.497 e. The smallest absolute Gasteiger partial charge is 0.169 e. The van der Waals surface area contributed by atoms with Crippen LogP contribution in [0.1, 0.15) is 27.9 Å². The van der Waals surface area contributed by atoms with E-state index in [2.05, 4.69) is 24.3 Å². The minimum absolute atomic E-state index is 0.130. The van der Waals surface area contributed by atoms with Gasteiger partial charge in [0.05, 0.1) is 7.11 Å². The lowest BCUT2D eigenvalue weighted by Gasteiger charge is -2.21. The van der Waals surface area contributed by atoms with Crippen molar-refractivity contribution in [2.75, 3.05) is 7.11 Å².